The van der Waals surface area contributed by atoms with Gasteiger partial charge in [0.2, 0.25) is 5.28 Å². The zero-order chi connectivity index (χ0) is 14.3. The van der Waals surface area contributed by atoms with E-state index in [9.17, 15) is 0 Å². The summed E-state index contributed by atoms with van der Waals surface area (Å²) in [5, 5.41) is 5.91. The maximum Gasteiger partial charge on any atom is 0.224 e. The van der Waals surface area contributed by atoms with Gasteiger partial charge in [-0.05, 0) is 49.6 Å². The van der Waals surface area contributed by atoms with Crippen LogP contribution >= 0.6 is 11.6 Å². The van der Waals surface area contributed by atoms with E-state index in [4.69, 9.17) is 11.6 Å². The van der Waals surface area contributed by atoms with Crippen molar-refractivity contribution < 1.29 is 0 Å². The van der Waals surface area contributed by atoms with Crippen molar-refractivity contribution in [3.8, 4) is 0 Å². The minimum absolute atomic E-state index is 0.205. The molecular weight excluding hydrogens is 274 g/mol. The monoisotopic (exact) mass is 287 g/mol. The third-order valence-electron chi connectivity index (χ3n) is 3.45. The molecule has 0 unspecified atom stereocenters. The molecule has 0 radical (unpaired) electrons. The number of nitrogens with zero attached hydrogens (tertiary/aromatic N) is 4. The fraction of sp³-hybridized carbons (Fsp3) is 0.214. The Morgan fingerprint density at radius 3 is 2.70 bits per heavy atom. The summed E-state index contributed by atoms with van der Waals surface area (Å²) in [5.41, 5.74) is 7.61. The summed E-state index contributed by atoms with van der Waals surface area (Å²) in [6.07, 6.45) is 1.60. The summed E-state index contributed by atoms with van der Waals surface area (Å²) in [6, 6.07) is 5.85. The van der Waals surface area contributed by atoms with Gasteiger partial charge in [0.05, 0.1) is 11.2 Å². The van der Waals surface area contributed by atoms with Crippen LogP contribution in [0.3, 0.4) is 0 Å². The molecule has 2 heterocycles. The quantitative estimate of drug-likeness (QED) is 0.735. The van der Waals surface area contributed by atoms with Crippen molar-refractivity contribution >= 4 is 28.3 Å². The second-order valence-electron chi connectivity index (χ2n) is 4.72. The average molecular weight is 288 g/mol. The number of halogens is 1. The maximum atomic E-state index is 5.78. The molecular formula is C14H14ClN5. The number of rotatable bonds is 2. The summed E-state index contributed by atoms with van der Waals surface area (Å²) >= 11 is 5.78. The molecule has 1 aromatic carbocycles. The Morgan fingerprint density at radius 2 is 1.95 bits per heavy atom. The molecule has 2 aromatic heterocycles. The van der Waals surface area contributed by atoms with Crippen LogP contribution in [0.5, 0.6) is 0 Å². The van der Waals surface area contributed by atoms with Gasteiger partial charge < -0.3 is 0 Å². The first-order valence-electron chi connectivity index (χ1n) is 6.27. The third kappa shape index (κ3) is 2.10. The van der Waals surface area contributed by atoms with Gasteiger partial charge in [-0.1, -0.05) is 6.07 Å². The van der Waals surface area contributed by atoms with E-state index < -0.39 is 0 Å². The van der Waals surface area contributed by atoms with Gasteiger partial charge in [0, 0.05) is 17.6 Å². The maximum absolute atomic E-state index is 5.78. The Balaban J connectivity index is 2.09. The molecule has 20 heavy (non-hydrogen) atoms. The van der Waals surface area contributed by atoms with Crippen LogP contribution in [-0.2, 0) is 0 Å². The lowest BCUT2D eigenvalue weighted by Gasteiger charge is -2.07. The first-order chi connectivity index (χ1) is 9.56. The summed E-state index contributed by atoms with van der Waals surface area (Å²) in [7, 11) is 0. The normalized spacial score (nSPS) is 11.0. The van der Waals surface area contributed by atoms with Gasteiger partial charge in [0.1, 0.15) is 0 Å². The first kappa shape index (κ1) is 12.9. The third-order valence-corrected chi connectivity index (χ3v) is 3.63. The number of hydrogen-bond acceptors (Lipinski definition) is 4. The number of fused-ring (bicyclic) bond motifs is 1. The highest BCUT2D eigenvalue weighted by atomic mass is 35.5. The molecule has 0 saturated carbocycles. The van der Waals surface area contributed by atoms with E-state index in [0.29, 0.717) is 5.82 Å². The van der Waals surface area contributed by atoms with E-state index in [-0.39, 0.29) is 5.28 Å². The minimum Gasteiger partial charge on any atom is -0.261 e. The molecule has 5 nitrogen and oxygen atoms in total. The molecule has 0 spiro atoms. The van der Waals surface area contributed by atoms with E-state index in [1.165, 1.54) is 11.1 Å². The van der Waals surface area contributed by atoms with Gasteiger partial charge >= 0.3 is 0 Å². The molecule has 3 aromatic rings. The molecule has 3 rings (SSSR count). The lowest BCUT2D eigenvalue weighted by Crippen LogP contribution is -2.13. The Bertz CT molecular complexity index is 794. The minimum atomic E-state index is 0.205. The highest BCUT2D eigenvalue weighted by Crippen LogP contribution is 2.24. The second-order valence-corrected chi connectivity index (χ2v) is 5.06. The molecule has 0 amide bonds. The molecule has 0 bridgehead atoms. The Morgan fingerprint density at radius 1 is 1.15 bits per heavy atom. The van der Waals surface area contributed by atoms with Gasteiger partial charge in [-0.15, -0.1) is 0 Å². The van der Waals surface area contributed by atoms with Crippen LogP contribution in [0.15, 0.2) is 24.4 Å². The highest BCUT2D eigenvalue weighted by Gasteiger charge is 2.11. The predicted octanol–water partition coefficient (Wildman–Crippen LogP) is 3.28. The van der Waals surface area contributed by atoms with Gasteiger partial charge in [0.15, 0.2) is 5.82 Å². The number of benzene rings is 1. The van der Waals surface area contributed by atoms with E-state index in [1.807, 2.05) is 13.0 Å². The van der Waals surface area contributed by atoms with Gasteiger partial charge in [-0.25, -0.2) is 4.98 Å². The average Bonchev–Trinajstić information content (AvgIpc) is 2.72. The molecule has 102 valence electrons. The van der Waals surface area contributed by atoms with Gasteiger partial charge in [-0.3, -0.25) is 5.43 Å². The summed E-state index contributed by atoms with van der Waals surface area (Å²) in [4.78, 5) is 9.68. The Hall–Kier alpha value is -2.14. The molecule has 0 fully saturated rings. The molecule has 0 saturated heterocycles. The fourth-order valence-electron chi connectivity index (χ4n) is 2.24. The van der Waals surface area contributed by atoms with Gasteiger partial charge in [-0.2, -0.15) is 14.9 Å². The number of aromatic nitrogens is 4. The summed E-state index contributed by atoms with van der Waals surface area (Å²) < 4.78 is 0. The van der Waals surface area contributed by atoms with E-state index in [0.717, 1.165) is 16.6 Å². The highest BCUT2D eigenvalue weighted by molar-refractivity contribution is 6.28. The number of anilines is 1. The van der Waals surface area contributed by atoms with E-state index in [2.05, 4.69) is 40.4 Å². The summed E-state index contributed by atoms with van der Waals surface area (Å²) in [5.74, 6) is 0.607. The van der Waals surface area contributed by atoms with Crippen LogP contribution in [0.4, 0.5) is 5.82 Å². The summed E-state index contributed by atoms with van der Waals surface area (Å²) in [6.45, 7) is 6.24. The van der Waals surface area contributed by atoms with Crippen LogP contribution < -0.4 is 5.43 Å². The first-order valence-corrected chi connectivity index (χ1v) is 6.65. The lowest BCUT2D eigenvalue weighted by molar-refractivity contribution is 0.778. The Labute approximate surface area is 121 Å². The van der Waals surface area contributed by atoms with Crippen molar-refractivity contribution in [1.82, 2.24) is 19.9 Å². The number of nitrogens with one attached hydrogen (secondary N) is 1. The largest absolute Gasteiger partial charge is 0.261 e. The van der Waals surface area contributed by atoms with Gasteiger partial charge in [0.25, 0.3) is 0 Å². The van der Waals surface area contributed by atoms with Crippen molar-refractivity contribution in [3.05, 3.63) is 46.5 Å². The molecule has 0 aliphatic carbocycles. The SMILES string of the molecule is Cc1ccc2nn(Nc3ccnc(Cl)n3)c(C)c2c1C. The van der Waals surface area contributed by atoms with E-state index in [1.54, 1.807) is 17.1 Å². The number of hydrogen-bond donors (Lipinski definition) is 1. The zero-order valence-electron chi connectivity index (χ0n) is 11.5. The second kappa shape index (κ2) is 4.76. The van der Waals surface area contributed by atoms with E-state index >= 15 is 0 Å². The van der Waals surface area contributed by atoms with Crippen LogP contribution in [0, 0.1) is 20.8 Å². The van der Waals surface area contributed by atoms with Crippen molar-refractivity contribution in [2.24, 2.45) is 0 Å². The lowest BCUT2D eigenvalue weighted by atomic mass is 10.0. The zero-order valence-corrected chi connectivity index (χ0v) is 12.2. The molecule has 0 aliphatic rings. The molecule has 0 atom stereocenters. The molecule has 6 heteroatoms. The Kier molecular flexibility index (Phi) is 3.06. The molecule has 0 aliphatic heterocycles. The van der Waals surface area contributed by atoms with Crippen LogP contribution in [0.25, 0.3) is 10.9 Å². The molecule has 1 N–H and O–H groups in total. The number of aryl methyl sites for hydroxylation is 3. The smallest absolute Gasteiger partial charge is 0.224 e. The van der Waals surface area contributed by atoms with Crippen LogP contribution in [0.1, 0.15) is 16.8 Å². The topological polar surface area (TPSA) is 55.6 Å². The van der Waals surface area contributed by atoms with Crippen molar-refractivity contribution in [1.29, 1.82) is 0 Å². The standard InChI is InChI=1S/C14H14ClN5/c1-8-4-5-11-13(9(8)2)10(3)20(18-11)19-12-6-7-16-14(15)17-12/h4-7H,1-3H3,(H,16,17,19). The van der Waals surface area contributed by atoms with Crippen molar-refractivity contribution in [2.45, 2.75) is 20.8 Å². The van der Waals surface area contributed by atoms with Crippen LogP contribution in [0.2, 0.25) is 5.28 Å². The van der Waals surface area contributed by atoms with Crippen molar-refractivity contribution in [3.63, 3.8) is 0 Å². The fourth-order valence-corrected chi connectivity index (χ4v) is 2.39. The van der Waals surface area contributed by atoms with Crippen molar-refractivity contribution in [2.75, 3.05) is 5.43 Å². The van der Waals surface area contributed by atoms with Crippen LogP contribution in [-0.4, -0.2) is 19.9 Å². The predicted molar refractivity (Wildman–Crippen MR) is 80.0 cm³/mol.